The van der Waals surface area contributed by atoms with Crippen LogP contribution in [0.2, 0.25) is 0 Å². The Hall–Kier alpha value is -0.170. The fourth-order valence-corrected chi connectivity index (χ4v) is 7.75. The van der Waals surface area contributed by atoms with E-state index < -0.39 is 10.1 Å². The lowest BCUT2D eigenvalue weighted by molar-refractivity contribution is 0.0156. The highest BCUT2D eigenvalue weighted by molar-refractivity contribution is 7.85. The van der Waals surface area contributed by atoms with E-state index in [4.69, 9.17) is 13.7 Å². The van der Waals surface area contributed by atoms with E-state index in [0.29, 0.717) is 38.3 Å². The number of ether oxygens (including phenoxy) is 2. The molecule has 0 radical (unpaired) electrons. The molecule has 6 heteroatoms. The van der Waals surface area contributed by atoms with Crippen LogP contribution in [0.25, 0.3) is 0 Å². The minimum atomic E-state index is -3.49. The van der Waals surface area contributed by atoms with E-state index in [9.17, 15) is 8.42 Å². The smallest absolute Gasteiger partial charge is 0.264 e. The predicted octanol–water partition coefficient (Wildman–Crippen LogP) is 13.5. The quantitative estimate of drug-likeness (QED) is 0.0468. The molecule has 6 atom stereocenters. The van der Waals surface area contributed by atoms with E-state index in [-0.39, 0.29) is 12.5 Å². The zero-order valence-electron chi connectivity index (χ0n) is 36.3. The first-order valence-corrected chi connectivity index (χ1v) is 23.9. The first kappa shape index (κ1) is 50.8. The molecule has 0 fully saturated rings. The maximum Gasteiger partial charge on any atom is 0.264 e. The van der Waals surface area contributed by atoms with E-state index >= 15 is 0 Å². The second-order valence-electron chi connectivity index (χ2n) is 18.6. The molecule has 0 saturated heterocycles. The van der Waals surface area contributed by atoms with Gasteiger partial charge in [-0.1, -0.05) is 185 Å². The van der Waals surface area contributed by atoms with Gasteiger partial charge in [0.2, 0.25) is 0 Å². The maximum absolute atomic E-state index is 11.7. The van der Waals surface area contributed by atoms with Gasteiger partial charge in [0.1, 0.15) is 0 Å². The summed E-state index contributed by atoms with van der Waals surface area (Å²) in [6.45, 7) is 26.2. The van der Waals surface area contributed by atoms with E-state index in [1.165, 1.54) is 116 Å². The molecule has 0 aromatic heterocycles. The molecule has 0 amide bonds. The standard InChI is InChI=1S/C45H92O5S/c1-37(2)18-12-20-39(5)22-14-24-41(7)26-16-28-43(9)30-32-48-34-45(36-50-51(11,46)47)35-49-33-31-44(10)29-17-27-42(8)25-15-23-40(6)21-13-19-38(3)4/h37-45H,12-36H2,1-11H3. The van der Waals surface area contributed by atoms with Crippen molar-refractivity contribution >= 4 is 10.1 Å². The Kier molecular flexibility index (Phi) is 32.0. The van der Waals surface area contributed by atoms with Gasteiger partial charge in [0.15, 0.2) is 0 Å². The molecule has 51 heavy (non-hydrogen) atoms. The van der Waals surface area contributed by atoms with Crippen LogP contribution in [0.5, 0.6) is 0 Å². The molecule has 0 aliphatic heterocycles. The van der Waals surface area contributed by atoms with Gasteiger partial charge < -0.3 is 9.47 Å². The Morgan fingerprint density at radius 3 is 0.882 bits per heavy atom. The van der Waals surface area contributed by atoms with Gasteiger partial charge in [-0.3, -0.25) is 4.18 Å². The van der Waals surface area contributed by atoms with Gasteiger partial charge in [-0.05, 0) is 60.2 Å². The second-order valence-corrected chi connectivity index (χ2v) is 20.2. The third-order valence-electron chi connectivity index (χ3n) is 11.3. The summed E-state index contributed by atoms with van der Waals surface area (Å²) >= 11 is 0. The first-order chi connectivity index (χ1) is 24.1. The predicted molar refractivity (Wildman–Crippen MR) is 223 cm³/mol. The summed E-state index contributed by atoms with van der Waals surface area (Å²) in [5.74, 6) is 6.23. The third kappa shape index (κ3) is 36.6. The molecule has 0 aliphatic carbocycles. The molecular formula is C45H92O5S. The molecule has 0 rings (SSSR count). The van der Waals surface area contributed by atoms with Crippen LogP contribution in [-0.2, 0) is 23.8 Å². The van der Waals surface area contributed by atoms with Gasteiger partial charge in [0.05, 0.1) is 26.1 Å². The van der Waals surface area contributed by atoms with Crippen LogP contribution in [0, 0.1) is 53.3 Å². The van der Waals surface area contributed by atoms with Crippen LogP contribution >= 0.6 is 0 Å². The Bertz CT molecular complexity index is 807. The minimum absolute atomic E-state index is 0.0807. The first-order valence-electron chi connectivity index (χ1n) is 22.1. The van der Waals surface area contributed by atoms with Crippen molar-refractivity contribution in [3.8, 4) is 0 Å². The maximum atomic E-state index is 11.7. The molecule has 0 bridgehead atoms. The lowest BCUT2D eigenvalue weighted by Crippen LogP contribution is -2.24. The molecule has 5 nitrogen and oxygen atoms in total. The minimum Gasteiger partial charge on any atom is -0.381 e. The Balaban J connectivity index is 4.12. The molecule has 0 spiro atoms. The molecule has 308 valence electrons. The number of hydrogen-bond acceptors (Lipinski definition) is 5. The van der Waals surface area contributed by atoms with Gasteiger partial charge in [-0.2, -0.15) is 8.42 Å². The topological polar surface area (TPSA) is 61.8 Å². The molecule has 6 unspecified atom stereocenters. The number of rotatable bonds is 37. The average molecular weight is 745 g/mol. The van der Waals surface area contributed by atoms with Crippen molar-refractivity contribution in [3.63, 3.8) is 0 Å². The lowest BCUT2D eigenvalue weighted by Gasteiger charge is -2.19. The zero-order valence-corrected chi connectivity index (χ0v) is 37.1. The average Bonchev–Trinajstić information content (AvgIpc) is 3.02. The molecule has 0 saturated carbocycles. The van der Waals surface area contributed by atoms with Crippen molar-refractivity contribution in [3.05, 3.63) is 0 Å². The Labute approximate surface area is 321 Å². The molecular weight excluding hydrogens is 653 g/mol. The summed E-state index contributed by atoms with van der Waals surface area (Å²) in [5, 5.41) is 0. The van der Waals surface area contributed by atoms with Gasteiger partial charge >= 0.3 is 0 Å². The summed E-state index contributed by atoms with van der Waals surface area (Å²) in [5.41, 5.74) is 0. The van der Waals surface area contributed by atoms with Gasteiger partial charge in [-0.15, -0.1) is 0 Å². The molecule has 0 aromatic rings. The van der Waals surface area contributed by atoms with Crippen LogP contribution in [0.3, 0.4) is 0 Å². The van der Waals surface area contributed by atoms with Gasteiger partial charge in [0, 0.05) is 19.1 Å². The van der Waals surface area contributed by atoms with E-state index in [1.807, 2.05) is 0 Å². The van der Waals surface area contributed by atoms with Crippen LogP contribution in [0.15, 0.2) is 0 Å². The van der Waals surface area contributed by atoms with E-state index in [1.54, 1.807) is 0 Å². The molecule has 0 aliphatic rings. The SMILES string of the molecule is CC(C)CCCC(C)CCCC(C)CCCC(C)CCOCC(COCCC(C)CCCC(C)CCCC(C)CCCC(C)C)COS(C)(=O)=O. The monoisotopic (exact) mass is 745 g/mol. The van der Waals surface area contributed by atoms with Crippen LogP contribution in [0.1, 0.15) is 198 Å². The largest absolute Gasteiger partial charge is 0.381 e. The fourth-order valence-electron chi connectivity index (χ4n) is 7.31. The highest BCUT2D eigenvalue weighted by Gasteiger charge is 2.15. The summed E-state index contributed by atoms with van der Waals surface area (Å²) in [7, 11) is -3.49. The van der Waals surface area contributed by atoms with E-state index in [2.05, 4.69) is 69.2 Å². The summed E-state index contributed by atoms with van der Waals surface area (Å²) in [4.78, 5) is 0. The van der Waals surface area contributed by atoms with Crippen molar-refractivity contribution in [2.24, 2.45) is 53.3 Å². The molecule has 0 N–H and O–H groups in total. The fraction of sp³-hybridized carbons (Fsp3) is 1.00. The van der Waals surface area contributed by atoms with Crippen molar-refractivity contribution in [1.82, 2.24) is 0 Å². The van der Waals surface area contributed by atoms with Crippen molar-refractivity contribution in [1.29, 1.82) is 0 Å². The Morgan fingerprint density at radius 1 is 0.373 bits per heavy atom. The van der Waals surface area contributed by atoms with Gasteiger partial charge in [-0.25, -0.2) is 0 Å². The summed E-state index contributed by atoms with van der Waals surface area (Å²) in [6.07, 6.45) is 27.5. The van der Waals surface area contributed by atoms with Crippen molar-refractivity contribution in [2.45, 2.75) is 198 Å². The third-order valence-corrected chi connectivity index (χ3v) is 11.8. The lowest BCUT2D eigenvalue weighted by atomic mass is 9.91. The van der Waals surface area contributed by atoms with Crippen molar-refractivity contribution < 1.29 is 22.1 Å². The van der Waals surface area contributed by atoms with Crippen molar-refractivity contribution in [2.75, 3.05) is 39.3 Å². The summed E-state index contributed by atoms with van der Waals surface area (Å²) in [6, 6.07) is 0. The van der Waals surface area contributed by atoms with Crippen LogP contribution in [-0.4, -0.2) is 47.7 Å². The van der Waals surface area contributed by atoms with Gasteiger partial charge in [0.25, 0.3) is 10.1 Å². The van der Waals surface area contributed by atoms with Crippen LogP contribution < -0.4 is 0 Å². The highest BCUT2D eigenvalue weighted by Crippen LogP contribution is 2.24. The molecule has 0 heterocycles. The van der Waals surface area contributed by atoms with E-state index in [0.717, 1.165) is 54.6 Å². The summed E-state index contributed by atoms with van der Waals surface area (Å²) < 4.78 is 40.5. The zero-order chi connectivity index (χ0) is 38.5. The number of hydrogen-bond donors (Lipinski definition) is 0. The Morgan fingerprint density at radius 2 is 0.627 bits per heavy atom. The molecule has 0 aromatic carbocycles. The normalized spacial score (nSPS) is 16.7. The highest BCUT2D eigenvalue weighted by atomic mass is 32.2. The van der Waals surface area contributed by atoms with Crippen LogP contribution in [0.4, 0.5) is 0 Å². The second kappa shape index (κ2) is 32.1.